The molecule has 0 aromatic carbocycles. The number of halogens is 1. The number of nitrogens with zero attached hydrogens (tertiary/aromatic N) is 3. The van der Waals surface area contributed by atoms with Crippen LogP contribution < -0.4 is 5.73 Å². The molecule has 1 aromatic rings. The Morgan fingerprint density at radius 2 is 2.30 bits per heavy atom. The summed E-state index contributed by atoms with van der Waals surface area (Å²) >= 11 is 3.23. The molecule has 112 valence electrons. The van der Waals surface area contributed by atoms with Gasteiger partial charge in [-0.15, -0.1) is 0 Å². The van der Waals surface area contributed by atoms with Crippen molar-refractivity contribution in [3.8, 4) is 0 Å². The Bertz CT molecular complexity index is 593. The van der Waals surface area contributed by atoms with Gasteiger partial charge < -0.3 is 10.6 Å². The van der Waals surface area contributed by atoms with E-state index in [0.717, 1.165) is 19.4 Å². The average molecular weight is 363 g/mol. The molecule has 1 aliphatic rings. The van der Waals surface area contributed by atoms with Crippen LogP contribution in [0.2, 0.25) is 0 Å². The molecular weight excluding hydrogens is 344 g/mol. The summed E-state index contributed by atoms with van der Waals surface area (Å²) in [7, 11) is -0.00775. The van der Waals surface area contributed by atoms with E-state index in [1.54, 1.807) is 7.05 Å². The van der Waals surface area contributed by atoms with E-state index >= 15 is 0 Å². The van der Waals surface area contributed by atoms with Crippen molar-refractivity contribution in [3.63, 3.8) is 0 Å². The summed E-state index contributed by atoms with van der Waals surface area (Å²) in [6, 6.07) is 1.75. The highest BCUT2D eigenvalue weighted by Gasteiger charge is 2.29. The van der Waals surface area contributed by atoms with Crippen molar-refractivity contribution < 1.29 is 8.42 Å². The lowest BCUT2D eigenvalue weighted by Gasteiger charge is -2.25. The van der Waals surface area contributed by atoms with Crippen LogP contribution in [0.25, 0.3) is 0 Å². The standard InChI is InChI=1S/C12H19BrN4O2S/c1-16-5-3-4-10(16)8-17(2)20(18,19)11-6-9(13)7-15-12(11)14/h6-7,10H,3-5,8H2,1-2H3,(H2,14,15). The van der Waals surface area contributed by atoms with Crippen LogP contribution in [0.4, 0.5) is 5.82 Å². The summed E-state index contributed by atoms with van der Waals surface area (Å²) in [5.74, 6) is 0.0276. The zero-order valence-electron chi connectivity index (χ0n) is 11.6. The molecule has 20 heavy (non-hydrogen) atoms. The number of nitrogens with two attached hydrogens (primary N) is 1. The Labute approximate surface area is 128 Å². The van der Waals surface area contributed by atoms with Crippen LogP contribution in [-0.4, -0.2) is 55.8 Å². The van der Waals surface area contributed by atoms with Crippen molar-refractivity contribution in [2.24, 2.45) is 0 Å². The van der Waals surface area contributed by atoms with Gasteiger partial charge in [-0.25, -0.2) is 13.4 Å². The van der Waals surface area contributed by atoms with Gasteiger partial charge in [0.2, 0.25) is 10.0 Å². The summed E-state index contributed by atoms with van der Waals surface area (Å²) in [5, 5.41) is 0. The predicted molar refractivity (Wildman–Crippen MR) is 81.8 cm³/mol. The van der Waals surface area contributed by atoms with Gasteiger partial charge in [-0.1, -0.05) is 0 Å². The number of nitrogen functional groups attached to an aromatic ring is 1. The first-order valence-electron chi connectivity index (χ1n) is 6.40. The van der Waals surface area contributed by atoms with Gasteiger partial charge >= 0.3 is 0 Å². The van der Waals surface area contributed by atoms with Crippen LogP contribution in [0.15, 0.2) is 21.6 Å². The number of pyridine rings is 1. The smallest absolute Gasteiger partial charge is 0.246 e. The minimum absolute atomic E-state index is 0.0276. The van der Waals surface area contributed by atoms with Crippen LogP contribution in [0.5, 0.6) is 0 Å². The minimum Gasteiger partial charge on any atom is -0.383 e. The van der Waals surface area contributed by atoms with Gasteiger partial charge in [-0.2, -0.15) is 4.31 Å². The van der Waals surface area contributed by atoms with Crippen LogP contribution in [0.3, 0.4) is 0 Å². The zero-order valence-corrected chi connectivity index (χ0v) is 14.0. The van der Waals surface area contributed by atoms with Crippen molar-refractivity contribution in [2.45, 2.75) is 23.8 Å². The van der Waals surface area contributed by atoms with Gasteiger partial charge in [0.25, 0.3) is 0 Å². The highest BCUT2D eigenvalue weighted by molar-refractivity contribution is 9.10. The first-order valence-corrected chi connectivity index (χ1v) is 8.63. The van der Waals surface area contributed by atoms with Crippen molar-refractivity contribution >= 4 is 31.8 Å². The molecule has 2 rings (SSSR count). The average Bonchev–Trinajstić information content (AvgIpc) is 2.78. The third kappa shape index (κ3) is 3.13. The Morgan fingerprint density at radius 3 is 2.90 bits per heavy atom. The Balaban J connectivity index is 2.23. The largest absolute Gasteiger partial charge is 0.383 e. The van der Waals surface area contributed by atoms with E-state index < -0.39 is 10.0 Å². The minimum atomic E-state index is -3.61. The lowest BCUT2D eigenvalue weighted by Crippen LogP contribution is -2.39. The molecule has 0 bridgehead atoms. The topological polar surface area (TPSA) is 79.5 Å². The second-order valence-electron chi connectivity index (χ2n) is 5.10. The van der Waals surface area contributed by atoms with Gasteiger partial charge in [-0.05, 0) is 48.4 Å². The van der Waals surface area contributed by atoms with Gasteiger partial charge in [0, 0.05) is 30.3 Å². The van der Waals surface area contributed by atoms with Crippen LogP contribution in [-0.2, 0) is 10.0 Å². The summed E-state index contributed by atoms with van der Waals surface area (Å²) in [6.07, 6.45) is 3.61. The van der Waals surface area contributed by atoms with Crippen LogP contribution in [0, 0.1) is 0 Å². The molecule has 8 heteroatoms. The van der Waals surface area contributed by atoms with E-state index in [9.17, 15) is 8.42 Å². The number of hydrogen-bond donors (Lipinski definition) is 1. The zero-order chi connectivity index (χ0) is 14.9. The second-order valence-corrected chi connectivity index (χ2v) is 8.03. The van der Waals surface area contributed by atoms with Gasteiger partial charge in [-0.3, -0.25) is 0 Å². The first kappa shape index (κ1) is 15.7. The normalized spacial score (nSPS) is 20.7. The Kier molecular flexibility index (Phi) is 4.68. The van der Waals surface area contributed by atoms with E-state index in [1.807, 2.05) is 7.05 Å². The van der Waals surface area contributed by atoms with Crippen molar-refractivity contribution in [3.05, 3.63) is 16.7 Å². The van der Waals surface area contributed by atoms with Gasteiger partial charge in [0.1, 0.15) is 10.7 Å². The summed E-state index contributed by atoms with van der Waals surface area (Å²) in [4.78, 5) is 6.13. The maximum Gasteiger partial charge on any atom is 0.246 e. The molecule has 1 fully saturated rings. The van der Waals surface area contributed by atoms with E-state index in [2.05, 4.69) is 25.8 Å². The van der Waals surface area contributed by atoms with Crippen molar-refractivity contribution in [2.75, 3.05) is 32.9 Å². The molecule has 2 heterocycles. The number of anilines is 1. The molecule has 1 saturated heterocycles. The first-order chi connectivity index (χ1) is 9.32. The molecular formula is C12H19BrN4O2S. The predicted octanol–water partition coefficient (Wildman–Crippen LogP) is 1.14. The van der Waals surface area contributed by atoms with Crippen molar-refractivity contribution in [1.29, 1.82) is 0 Å². The third-order valence-corrected chi connectivity index (χ3v) is 5.96. The summed E-state index contributed by atoms with van der Waals surface area (Å²) in [6.45, 7) is 1.48. The number of hydrogen-bond acceptors (Lipinski definition) is 5. The molecule has 1 atom stereocenters. The number of aromatic nitrogens is 1. The van der Waals surface area contributed by atoms with Gasteiger partial charge in [0.15, 0.2) is 0 Å². The third-order valence-electron chi connectivity index (χ3n) is 3.68. The molecule has 0 aliphatic carbocycles. The second kappa shape index (κ2) is 5.97. The monoisotopic (exact) mass is 362 g/mol. The maximum atomic E-state index is 12.6. The van der Waals surface area contributed by atoms with E-state index in [4.69, 9.17) is 5.73 Å². The lowest BCUT2D eigenvalue weighted by atomic mass is 10.2. The van der Waals surface area contributed by atoms with Crippen molar-refractivity contribution in [1.82, 2.24) is 14.2 Å². The number of sulfonamides is 1. The maximum absolute atomic E-state index is 12.6. The van der Waals surface area contributed by atoms with Crippen LogP contribution >= 0.6 is 15.9 Å². The molecule has 1 aliphatic heterocycles. The van der Waals surface area contributed by atoms with Crippen LogP contribution in [0.1, 0.15) is 12.8 Å². The number of rotatable bonds is 4. The fourth-order valence-corrected chi connectivity index (χ4v) is 4.19. The van der Waals surface area contributed by atoms with E-state index in [-0.39, 0.29) is 16.8 Å². The summed E-state index contributed by atoms with van der Waals surface area (Å²) < 4.78 is 27.1. The quantitative estimate of drug-likeness (QED) is 0.868. The SMILES string of the molecule is CN1CCCC1CN(C)S(=O)(=O)c1cc(Br)cnc1N. The molecule has 2 N–H and O–H groups in total. The van der Waals surface area contributed by atoms with E-state index in [1.165, 1.54) is 16.6 Å². The molecule has 0 spiro atoms. The Morgan fingerprint density at radius 1 is 1.60 bits per heavy atom. The Hall–Kier alpha value is -0.700. The fraction of sp³-hybridized carbons (Fsp3) is 0.583. The highest BCUT2D eigenvalue weighted by Crippen LogP contribution is 2.25. The molecule has 1 aromatic heterocycles. The van der Waals surface area contributed by atoms with Gasteiger partial charge in [0.05, 0.1) is 0 Å². The molecule has 0 radical (unpaired) electrons. The fourth-order valence-electron chi connectivity index (χ4n) is 2.41. The summed E-state index contributed by atoms with van der Waals surface area (Å²) in [5.41, 5.74) is 5.70. The van der Waals surface area contributed by atoms with E-state index in [0.29, 0.717) is 11.0 Å². The highest BCUT2D eigenvalue weighted by atomic mass is 79.9. The number of likely N-dealkylation sites (N-methyl/N-ethyl adjacent to an activating group) is 2. The lowest BCUT2D eigenvalue weighted by molar-refractivity contribution is 0.271. The number of likely N-dealkylation sites (tertiary alicyclic amines) is 1. The molecule has 6 nitrogen and oxygen atoms in total. The molecule has 0 saturated carbocycles. The molecule has 0 amide bonds. The molecule has 1 unspecified atom stereocenters.